The standard InChI is InChI=1S/C20H22FNO3/c1-20(7-6-14(23)10-18(20)24)22-11-17-15(12-4-2-3-5-12)8-13(21)9-16(17)19(22)25/h8-9,12H,2-7,10-11H2,1H3. The zero-order valence-electron chi connectivity index (χ0n) is 14.4. The molecule has 2 saturated carbocycles. The Hall–Kier alpha value is -2.04. The SMILES string of the molecule is CC1(N2Cc3c(cc(F)cc3C3CCCC3)C2=O)CCC(=O)CC1=O. The third-order valence-electron chi connectivity index (χ3n) is 6.28. The summed E-state index contributed by atoms with van der Waals surface area (Å²) in [7, 11) is 0. The van der Waals surface area contributed by atoms with E-state index < -0.39 is 5.54 Å². The van der Waals surface area contributed by atoms with E-state index >= 15 is 0 Å². The van der Waals surface area contributed by atoms with Crippen LogP contribution in [0, 0.1) is 5.82 Å². The van der Waals surface area contributed by atoms with Crippen LogP contribution < -0.4 is 0 Å². The quantitative estimate of drug-likeness (QED) is 0.772. The average Bonchev–Trinajstić information content (AvgIpc) is 3.20. The first-order chi connectivity index (χ1) is 11.9. The fourth-order valence-electron chi connectivity index (χ4n) is 4.67. The lowest BCUT2D eigenvalue weighted by Gasteiger charge is -2.39. The number of carbonyl (C=O) groups excluding carboxylic acids is 3. The molecule has 0 spiro atoms. The van der Waals surface area contributed by atoms with Crippen LogP contribution in [0.3, 0.4) is 0 Å². The molecule has 1 amide bonds. The fraction of sp³-hybridized carbons (Fsp3) is 0.550. The van der Waals surface area contributed by atoms with Crippen LogP contribution in [0.1, 0.15) is 79.3 Å². The number of carbonyl (C=O) groups is 3. The highest BCUT2D eigenvalue weighted by atomic mass is 19.1. The Morgan fingerprint density at radius 1 is 1.16 bits per heavy atom. The van der Waals surface area contributed by atoms with Gasteiger partial charge in [0.1, 0.15) is 17.1 Å². The van der Waals surface area contributed by atoms with Crippen LogP contribution in [-0.2, 0) is 16.1 Å². The van der Waals surface area contributed by atoms with Crippen molar-refractivity contribution in [1.29, 1.82) is 0 Å². The summed E-state index contributed by atoms with van der Waals surface area (Å²) in [5.74, 6) is -0.629. The van der Waals surface area contributed by atoms with Crippen LogP contribution in [0.2, 0.25) is 0 Å². The molecule has 0 radical (unpaired) electrons. The van der Waals surface area contributed by atoms with Crippen molar-refractivity contribution < 1.29 is 18.8 Å². The number of hydrogen-bond donors (Lipinski definition) is 0. The smallest absolute Gasteiger partial charge is 0.255 e. The van der Waals surface area contributed by atoms with Gasteiger partial charge >= 0.3 is 0 Å². The molecular weight excluding hydrogens is 321 g/mol. The van der Waals surface area contributed by atoms with E-state index in [-0.39, 0.29) is 29.7 Å². The summed E-state index contributed by atoms with van der Waals surface area (Å²) < 4.78 is 14.2. The van der Waals surface area contributed by atoms with Crippen LogP contribution >= 0.6 is 0 Å². The summed E-state index contributed by atoms with van der Waals surface area (Å²) in [5, 5.41) is 0. The van der Waals surface area contributed by atoms with Crippen LogP contribution in [0.4, 0.5) is 4.39 Å². The van der Waals surface area contributed by atoms with Gasteiger partial charge in [-0.1, -0.05) is 12.8 Å². The van der Waals surface area contributed by atoms with Crippen LogP contribution in [0.5, 0.6) is 0 Å². The molecule has 1 heterocycles. The Balaban J connectivity index is 1.72. The molecule has 2 aliphatic carbocycles. The first-order valence-corrected chi connectivity index (χ1v) is 9.09. The molecule has 3 aliphatic rings. The van der Waals surface area contributed by atoms with Crippen LogP contribution in [0.15, 0.2) is 12.1 Å². The Bertz CT molecular complexity index is 781. The van der Waals surface area contributed by atoms with E-state index in [2.05, 4.69) is 0 Å². The highest BCUT2D eigenvalue weighted by Crippen LogP contribution is 2.42. The fourth-order valence-corrected chi connectivity index (χ4v) is 4.67. The Morgan fingerprint density at radius 2 is 1.88 bits per heavy atom. The molecule has 1 unspecified atom stereocenters. The maximum absolute atomic E-state index is 14.2. The molecule has 1 aliphatic heterocycles. The summed E-state index contributed by atoms with van der Waals surface area (Å²) in [6, 6.07) is 2.87. The second-order valence-corrected chi connectivity index (χ2v) is 7.81. The number of ketones is 2. The van der Waals surface area contributed by atoms with Crippen molar-refractivity contribution in [2.75, 3.05) is 0 Å². The predicted molar refractivity (Wildman–Crippen MR) is 89.8 cm³/mol. The molecule has 0 N–H and O–H groups in total. The molecule has 1 atom stereocenters. The number of fused-ring (bicyclic) bond motifs is 1. The van der Waals surface area contributed by atoms with Gasteiger partial charge in [0, 0.05) is 18.5 Å². The summed E-state index contributed by atoms with van der Waals surface area (Å²) >= 11 is 0. The largest absolute Gasteiger partial charge is 0.322 e. The second kappa shape index (κ2) is 5.75. The van der Waals surface area contributed by atoms with Gasteiger partial charge in [-0.3, -0.25) is 14.4 Å². The van der Waals surface area contributed by atoms with Gasteiger partial charge in [-0.15, -0.1) is 0 Å². The number of nitrogens with zero attached hydrogens (tertiary/aromatic N) is 1. The zero-order chi connectivity index (χ0) is 17.8. The van der Waals surface area contributed by atoms with Gasteiger partial charge < -0.3 is 4.90 Å². The number of benzene rings is 1. The maximum Gasteiger partial charge on any atom is 0.255 e. The van der Waals surface area contributed by atoms with E-state index in [0.717, 1.165) is 36.8 Å². The molecule has 1 aromatic rings. The van der Waals surface area contributed by atoms with Crippen molar-refractivity contribution in [3.05, 3.63) is 34.6 Å². The molecule has 1 aromatic carbocycles. The van der Waals surface area contributed by atoms with Crippen molar-refractivity contribution in [2.45, 2.75) is 69.9 Å². The van der Waals surface area contributed by atoms with Crippen molar-refractivity contribution in [1.82, 2.24) is 4.90 Å². The summed E-state index contributed by atoms with van der Waals surface area (Å²) in [6.07, 6.45) is 4.86. The maximum atomic E-state index is 14.2. The molecule has 5 heteroatoms. The normalized spacial score (nSPS) is 27.3. The van der Waals surface area contributed by atoms with Crippen LogP contribution in [0.25, 0.3) is 0 Å². The first-order valence-electron chi connectivity index (χ1n) is 9.09. The van der Waals surface area contributed by atoms with E-state index in [1.165, 1.54) is 6.07 Å². The Labute approximate surface area is 146 Å². The second-order valence-electron chi connectivity index (χ2n) is 7.81. The molecule has 132 valence electrons. The number of hydrogen-bond acceptors (Lipinski definition) is 3. The lowest BCUT2D eigenvalue weighted by Crippen LogP contribution is -2.55. The number of amides is 1. The molecule has 0 bridgehead atoms. The monoisotopic (exact) mass is 343 g/mol. The van der Waals surface area contributed by atoms with Gasteiger partial charge in [-0.25, -0.2) is 4.39 Å². The Morgan fingerprint density at radius 3 is 2.56 bits per heavy atom. The van der Waals surface area contributed by atoms with E-state index in [1.807, 2.05) is 0 Å². The average molecular weight is 343 g/mol. The van der Waals surface area contributed by atoms with Gasteiger partial charge in [0.15, 0.2) is 5.78 Å². The van der Waals surface area contributed by atoms with Crippen molar-refractivity contribution in [3.63, 3.8) is 0 Å². The molecule has 4 nitrogen and oxygen atoms in total. The van der Waals surface area contributed by atoms with Crippen molar-refractivity contribution in [3.8, 4) is 0 Å². The van der Waals surface area contributed by atoms with E-state index in [1.54, 1.807) is 17.9 Å². The van der Waals surface area contributed by atoms with Gasteiger partial charge in [0.25, 0.3) is 5.91 Å². The zero-order valence-corrected chi connectivity index (χ0v) is 14.4. The van der Waals surface area contributed by atoms with Gasteiger partial charge in [0.05, 0.1) is 6.42 Å². The first kappa shape index (κ1) is 16.4. The molecule has 0 aromatic heterocycles. The topological polar surface area (TPSA) is 54.5 Å². The molecule has 2 fully saturated rings. The highest BCUT2D eigenvalue weighted by molar-refractivity contribution is 6.09. The lowest BCUT2D eigenvalue weighted by atomic mass is 9.80. The van der Waals surface area contributed by atoms with Gasteiger partial charge in [-0.05, 0) is 55.4 Å². The number of rotatable bonds is 2. The molecule has 0 saturated heterocycles. The number of Topliss-reactive ketones (excluding diaryl/α,β-unsaturated/α-hetero) is 2. The van der Waals surface area contributed by atoms with E-state index in [4.69, 9.17) is 0 Å². The third kappa shape index (κ3) is 2.52. The van der Waals surface area contributed by atoms with E-state index in [9.17, 15) is 18.8 Å². The van der Waals surface area contributed by atoms with Crippen LogP contribution in [-0.4, -0.2) is 27.9 Å². The molecular formula is C20H22FNO3. The summed E-state index contributed by atoms with van der Waals surface area (Å²) in [6.45, 7) is 2.09. The molecule has 4 rings (SSSR count). The number of halogens is 1. The van der Waals surface area contributed by atoms with Crippen molar-refractivity contribution >= 4 is 17.5 Å². The minimum absolute atomic E-state index is 0.0654. The summed E-state index contributed by atoms with van der Waals surface area (Å²) in [4.78, 5) is 38.6. The predicted octanol–water partition coefficient (Wildman–Crippen LogP) is 3.52. The molecule has 25 heavy (non-hydrogen) atoms. The van der Waals surface area contributed by atoms with Crippen molar-refractivity contribution in [2.24, 2.45) is 0 Å². The third-order valence-corrected chi connectivity index (χ3v) is 6.28. The van der Waals surface area contributed by atoms with Gasteiger partial charge in [-0.2, -0.15) is 0 Å². The van der Waals surface area contributed by atoms with E-state index in [0.29, 0.717) is 30.9 Å². The lowest BCUT2D eigenvalue weighted by molar-refractivity contribution is -0.138. The minimum atomic E-state index is -0.965. The summed E-state index contributed by atoms with van der Waals surface area (Å²) in [5.41, 5.74) is 1.25. The van der Waals surface area contributed by atoms with Gasteiger partial charge in [0.2, 0.25) is 0 Å². The Kier molecular flexibility index (Phi) is 3.78. The highest BCUT2D eigenvalue weighted by Gasteiger charge is 2.48. The minimum Gasteiger partial charge on any atom is -0.322 e.